The Labute approximate surface area is 80.0 Å². The molecule has 1 saturated carbocycles. The highest BCUT2D eigenvalue weighted by molar-refractivity contribution is 5.79. The van der Waals surface area contributed by atoms with Gasteiger partial charge in [-0.05, 0) is 25.2 Å². The number of hydrazine groups is 1. The average molecular weight is 184 g/mol. The second-order valence-electron chi connectivity index (χ2n) is 3.98. The van der Waals surface area contributed by atoms with Crippen molar-refractivity contribution in [3.05, 3.63) is 0 Å². The molecule has 1 rings (SSSR count). The molecule has 0 spiro atoms. The molecule has 0 radical (unpaired) electrons. The third-order valence-corrected chi connectivity index (χ3v) is 2.03. The highest BCUT2D eigenvalue weighted by Crippen LogP contribution is 2.18. The lowest BCUT2D eigenvalue weighted by atomic mass is 10.1. The Morgan fingerprint density at radius 2 is 2.23 bits per heavy atom. The lowest BCUT2D eigenvalue weighted by Crippen LogP contribution is -2.42. The predicted octanol–water partition coefficient (Wildman–Crippen LogP) is 0.604. The molecule has 0 aromatic carbocycles. The third kappa shape index (κ3) is 4.72. The minimum atomic E-state index is 0.605. The molecule has 0 atom stereocenters. The van der Waals surface area contributed by atoms with Gasteiger partial charge >= 0.3 is 0 Å². The van der Waals surface area contributed by atoms with Crippen LogP contribution in [-0.2, 0) is 0 Å². The summed E-state index contributed by atoms with van der Waals surface area (Å²) >= 11 is 0. The lowest BCUT2D eigenvalue weighted by Gasteiger charge is -2.08. The van der Waals surface area contributed by atoms with Crippen molar-refractivity contribution in [2.45, 2.75) is 39.2 Å². The van der Waals surface area contributed by atoms with E-state index in [-0.39, 0.29) is 0 Å². The van der Waals surface area contributed by atoms with Crippen LogP contribution < -0.4 is 16.6 Å². The minimum absolute atomic E-state index is 0.605. The number of hydrogen-bond donors (Lipinski definition) is 3. The molecule has 4 N–H and O–H groups in total. The van der Waals surface area contributed by atoms with Crippen LogP contribution in [0.1, 0.15) is 33.1 Å². The van der Waals surface area contributed by atoms with Gasteiger partial charge in [0, 0.05) is 12.6 Å². The van der Waals surface area contributed by atoms with E-state index >= 15 is 0 Å². The molecule has 0 amide bonds. The molecule has 4 heteroatoms. The van der Waals surface area contributed by atoms with Gasteiger partial charge in [0.05, 0.1) is 0 Å². The average Bonchev–Trinajstić information content (AvgIpc) is 2.86. The van der Waals surface area contributed by atoms with Gasteiger partial charge in [0.2, 0.25) is 5.96 Å². The van der Waals surface area contributed by atoms with Crippen molar-refractivity contribution in [1.29, 1.82) is 0 Å². The van der Waals surface area contributed by atoms with E-state index in [1.54, 1.807) is 0 Å². The van der Waals surface area contributed by atoms with E-state index in [0.29, 0.717) is 12.0 Å². The fourth-order valence-corrected chi connectivity index (χ4v) is 0.989. The lowest BCUT2D eigenvalue weighted by molar-refractivity contribution is 0.594. The number of rotatable bonds is 4. The molecule has 1 aliphatic rings. The van der Waals surface area contributed by atoms with Gasteiger partial charge in [-0.15, -0.1) is 0 Å². The molecule has 0 unspecified atom stereocenters. The van der Waals surface area contributed by atoms with Crippen LogP contribution in [0.5, 0.6) is 0 Å². The summed E-state index contributed by atoms with van der Waals surface area (Å²) in [5.74, 6) is 6.76. The Morgan fingerprint density at radius 3 is 2.69 bits per heavy atom. The van der Waals surface area contributed by atoms with Crippen LogP contribution in [0.4, 0.5) is 0 Å². The Balaban J connectivity index is 2.18. The Hall–Kier alpha value is -0.770. The summed E-state index contributed by atoms with van der Waals surface area (Å²) in [7, 11) is 0. The highest BCUT2D eigenvalue weighted by Gasteiger charge is 2.21. The molecule has 0 aromatic heterocycles. The minimum Gasteiger partial charge on any atom is -0.353 e. The number of nitrogens with two attached hydrogens (primary N) is 1. The Kier molecular flexibility index (Phi) is 4.02. The Bertz CT molecular complexity index is 172. The number of aliphatic imine (C=N–C) groups is 1. The zero-order valence-corrected chi connectivity index (χ0v) is 8.51. The molecule has 76 valence electrons. The maximum Gasteiger partial charge on any atom is 0.205 e. The summed E-state index contributed by atoms with van der Waals surface area (Å²) in [6, 6.07) is 0.605. The first-order valence-electron chi connectivity index (χ1n) is 5.00. The zero-order valence-electron chi connectivity index (χ0n) is 8.51. The summed E-state index contributed by atoms with van der Waals surface area (Å²) in [5.41, 5.74) is 2.59. The summed E-state index contributed by atoms with van der Waals surface area (Å²) in [4.78, 5) is 4.33. The topological polar surface area (TPSA) is 62.4 Å². The molecule has 0 bridgehead atoms. The largest absolute Gasteiger partial charge is 0.353 e. The first-order chi connectivity index (χ1) is 6.22. The second kappa shape index (κ2) is 5.07. The quantitative estimate of drug-likeness (QED) is 0.259. The van der Waals surface area contributed by atoms with Crippen LogP contribution in [0.15, 0.2) is 4.99 Å². The van der Waals surface area contributed by atoms with Crippen LogP contribution in [0.25, 0.3) is 0 Å². The SMILES string of the molecule is CC(C)CCN=C(NN)NC1CC1. The molecule has 0 aliphatic heterocycles. The van der Waals surface area contributed by atoms with Gasteiger partial charge in [-0.2, -0.15) is 0 Å². The molecule has 0 heterocycles. The highest BCUT2D eigenvalue weighted by atomic mass is 15.3. The molecule has 0 saturated heterocycles. The molecule has 0 aromatic rings. The van der Waals surface area contributed by atoms with E-state index in [4.69, 9.17) is 5.84 Å². The van der Waals surface area contributed by atoms with E-state index in [1.165, 1.54) is 12.8 Å². The molecule has 1 fully saturated rings. The third-order valence-electron chi connectivity index (χ3n) is 2.03. The Morgan fingerprint density at radius 1 is 1.54 bits per heavy atom. The molecule has 4 nitrogen and oxygen atoms in total. The summed E-state index contributed by atoms with van der Waals surface area (Å²) in [5, 5.41) is 3.23. The van der Waals surface area contributed by atoms with Gasteiger partial charge in [-0.1, -0.05) is 13.8 Å². The summed E-state index contributed by atoms with van der Waals surface area (Å²) in [6.45, 7) is 5.23. The second-order valence-corrected chi connectivity index (χ2v) is 3.98. The van der Waals surface area contributed by atoms with Crippen LogP contribution in [0, 0.1) is 5.92 Å². The van der Waals surface area contributed by atoms with Gasteiger partial charge < -0.3 is 5.32 Å². The van der Waals surface area contributed by atoms with E-state index in [1.807, 2.05) is 0 Å². The van der Waals surface area contributed by atoms with Gasteiger partial charge in [-0.25, -0.2) is 5.84 Å². The number of nitrogens with zero attached hydrogens (tertiary/aromatic N) is 1. The summed E-state index contributed by atoms with van der Waals surface area (Å²) in [6.07, 6.45) is 3.59. The van der Waals surface area contributed by atoms with Crippen LogP contribution in [-0.4, -0.2) is 18.5 Å². The first-order valence-corrected chi connectivity index (χ1v) is 5.00. The predicted molar refractivity (Wildman–Crippen MR) is 55.2 cm³/mol. The van der Waals surface area contributed by atoms with Gasteiger partial charge in [-0.3, -0.25) is 10.4 Å². The maximum atomic E-state index is 5.32. The van der Waals surface area contributed by atoms with Crippen molar-refractivity contribution in [1.82, 2.24) is 10.7 Å². The fraction of sp³-hybridized carbons (Fsp3) is 0.889. The molecular weight excluding hydrogens is 164 g/mol. The van der Waals surface area contributed by atoms with Gasteiger partial charge in [0.1, 0.15) is 0 Å². The van der Waals surface area contributed by atoms with E-state index in [0.717, 1.165) is 18.9 Å². The van der Waals surface area contributed by atoms with E-state index in [9.17, 15) is 0 Å². The van der Waals surface area contributed by atoms with Crippen LogP contribution >= 0.6 is 0 Å². The standard InChI is InChI=1S/C9H20N4/c1-7(2)5-6-11-9(13-10)12-8-3-4-8/h7-8H,3-6,10H2,1-2H3,(H2,11,12,13). The van der Waals surface area contributed by atoms with Crippen molar-refractivity contribution in [3.63, 3.8) is 0 Å². The van der Waals surface area contributed by atoms with Crippen molar-refractivity contribution in [2.75, 3.05) is 6.54 Å². The van der Waals surface area contributed by atoms with E-state index < -0.39 is 0 Å². The van der Waals surface area contributed by atoms with Crippen molar-refractivity contribution >= 4 is 5.96 Å². The van der Waals surface area contributed by atoms with Crippen molar-refractivity contribution < 1.29 is 0 Å². The molecule has 1 aliphatic carbocycles. The molecular formula is C9H20N4. The smallest absolute Gasteiger partial charge is 0.205 e. The first kappa shape index (κ1) is 10.3. The number of nitrogens with one attached hydrogen (secondary N) is 2. The van der Waals surface area contributed by atoms with Crippen LogP contribution in [0.2, 0.25) is 0 Å². The normalized spacial score (nSPS) is 17.7. The van der Waals surface area contributed by atoms with Gasteiger partial charge in [0.15, 0.2) is 0 Å². The fourth-order valence-electron chi connectivity index (χ4n) is 0.989. The number of guanidine groups is 1. The summed E-state index contributed by atoms with van der Waals surface area (Å²) < 4.78 is 0. The van der Waals surface area contributed by atoms with E-state index in [2.05, 4.69) is 29.6 Å². The number of hydrogen-bond acceptors (Lipinski definition) is 2. The van der Waals surface area contributed by atoms with Crippen molar-refractivity contribution in [2.24, 2.45) is 16.8 Å². The zero-order chi connectivity index (χ0) is 9.68. The van der Waals surface area contributed by atoms with Gasteiger partial charge in [0.25, 0.3) is 0 Å². The monoisotopic (exact) mass is 184 g/mol. The van der Waals surface area contributed by atoms with Crippen LogP contribution in [0.3, 0.4) is 0 Å². The van der Waals surface area contributed by atoms with Crippen molar-refractivity contribution in [3.8, 4) is 0 Å². The maximum absolute atomic E-state index is 5.32. The molecule has 13 heavy (non-hydrogen) atoms.